The molecule has 0 bridgehead atoms. The third kappa shape index (κ3) is 6.04. The molecule has 3 unspecified atom stereocenters. The van der Waals surface area contributed by atoms with Gasteiger partial charge in [0.05, 0.1) is 33.0 Å². The van der Waals surface area contributed by atoms with Crippen molar-refractivity contribution in [3.63, 3.8) is 0 Å². The highest BCUT2D eigenvalue weighted by atomic mass is 16.6. The van der Waals surface area contributed by atoms with Gasteiger partial charge in [-0.2, -0.15) is 0 Å². The quantitative estimate of drug-likeness (QED) is 0.352. The Balaban J connectivity index is 1.86. The minimum atomic E-state index is -1.16. The van der Waals surface area contributed by atoms with E-state index in [1.54, 1.807) is 39.5 Å². The molecule has 0 spiro atoms. The summed E-state index contributed by atoms with van der Waals surface area (Å²) in [5.41, 5.74) is 7.48. The van der Waals surface area contributed by atoms with Crippen LogP contribution >= 0.6 is 0 Å². The van der Waals surface area contributed by atoms with Gasteiger partial charge in [0.25, 0.3) is 0 Å². The minimum absolute atomic E-state index is 0.0770. The lowest BCUT2D eigenvalue weighted by Gasteiger charge is -2.43. The van der Waals surface area contributed by atoms with Crippen LogP contribution in [0.5, 0.6) is 11.5 Å². The molecule has 2 aromatic carbocycles. The second-order valence-electron chi connectivity index (χ2n) is 8.66. The van der Waals surface area contributed by atoms with Gasteiger partial charge < -0.3 is 34.5 Å². The van der Waals surface area contributed by atoms with Crippen LogP contribution in [0.15, 0.2) is 42.5 Å². The number of Topliss-reactive ketones (excluding diaryl/α,β-unsaturated/α-hetero) is 1. The van der Waals surface area contributed by atoms with Crippen molar-refractivity contribution in [1.29, 1.82) is 0 Å². The fourth-order valence-corrected chi connectivity index (χ4v) is 4.83. The number of rotatable bonds is 11. The Labute approximate surface area is 211 Å². The van der Waals surface area contributed by atoms with E-state index >= 15 is 0 Å². The molecule has 1 aliphatic rings. The Kier molecular flexibility index (Phi) is 9.83. The molecule has 3 rings (SSSR count). The molecule has 0 amide bonds. The van der Waals surface area contributed by atoms with E-state index in [4.69, 9.17) is 29.4 Å². The summed E-state index contributed by atoms with van der Waals surface area (Å²) in [6.07, 6.45) is -2.04. The van der Waals surface area contributed by atoms with Crippen LogP contribution in [0.3, 0.4) is 0 Å². The average molecular weight is 502 g/mol. The number of carbonyl (C=O) groups is 2. The summed E-state index contributed by atoms with van der Waals surface area (Å²) in [7, 11) is 6.17. The van der Waals surface area contributed by atoms with Crippen molar-refractivity contribution in [2.75, 3.05) is 35.0 Å². The summed E-state index contributed by atoms with van der Waals surface area (Å²) in [4.78, 5) is 25.3. The highest BCUT2D eigenvalue weighted by Crippen LogP contribution is 2.39. The molecular formula is C27H35NO8. The normalized spacial score (nSPS) is 23.7. The third-order valence-corrected chi connectivity index (χ3v) is 6.68. The summed E-state index contributed by atoms with van der Waals surface area (Å²) in [6.45, 7) is -0.316. The second kappa shape index (κ2) is 12.8. The van der Waals surface area contributed by atoms with Crippen molar-refractivity contribution in [2.24, 2.45) is 5.73 Å². The summed E-state index contributed by atoms with van der Waals surface area (Å²) in [6, 6.07) is 12.7. The molecule has 1 aliphatic carbocycles. The molecule has 5 atom stereocenters. The van der Waals surface area contributed by atoms with Crippen LogP contribution in [0, 0.1) is 0 Å². The Hall–Kier alpha value is -2.98. The van der Waals surface area contributed by atoms with Gasteiger partial charge >= 0.3 is 5.97 Å². The zero-order valence-corrected chi connectivity index (χ0v) is 21.1. The Morgan fingerprint density at radius 3 is 2.31 bits per heavy atom. The molecule has 0 saturated heterocycles. The number of ketones is 1. The highest BCUT2D eigenvalue weighted by molar-refractivity contribution is 5.97. The molecule has 9 heteroatoms. The predicted molar refractivity (Wildman–Crippen MR) is 133 cm³/mol. The first kappa shape index (κ1) is 27.6. The number of ether oxygens (including phenoxy) is 5. The van der Waals surface area contributed by atoms with E-state index in [1.807, 2.05) is 24.3 Å². The summed E-state index contributed by atoms with van der Waals surface area (Å²) in [5.74, 6) is -0.115. The Morgan fingerprint density at radius 2 is 1.67 bits per heavy atom. The first-order chi connectivity index (χ1) is 17.4. The lowest BCUT2D eigenvalue weighted by Crippen LogP contribution is -2.55. The van der Waals surface area contributed by atoms with Crippen molar-refractivity contribution in [3.05, 3.63) is 59.2 Å². The number of methoxy groups -OCH3 is 4. The Bertz CT molecular complexity index is 1040. The smallest absolute Gasteiger partial charge is 0.320 e. The van der Waals surface area contributed by atoms with Crippen molar-refractivity contribution >= 4 is 11.8 Å². The molecule has 9 nitrogen and oxygen atoms in total. The van der Waals surface area contributed by atoms with Gasteiger partial charge in [0.1, 0.15) is 6.10 Å². The number of aliphatic hydroxyl groups excluding tert-OH is 1. The van der Waals surface area contributed by atoms with Gasteiger partial charge in [-0.3, -0.25) is 9.59 Å². The van der Waals surface area contributed by atoms with E-state index < -0.39 is 36.3 Å². The number of aryl methyl sites for hydroxylation is 1. The largest absolute Gasteiger partial charge is 0.493 e. The van der Waals surface area contributed by atoms with Crippen molar-refractivity contribution in [1.82, 2.24) is 0 Å². The van der Waals surface area contributed by atoms with Crippen LogP contribution in [-0.4, -0.2) is 76.3 Å². The molecule has 0 radical (unpaired) electrons. The number of carbonyl (C=O) groups excluding carboxylic acids is 2. The average Bonchev–Trinajstić information content (AvgIpc) is 2.92. The Morgan fingerprint density at radius 1 is 0.972 bits per heavy atom. The van der Waals surface area contributed by atoms with E-state index in [-0.39, 0.29) is 18.7 Å². The van der Waals surface area contributed by atoms with Gasteiger partial charge in [-0.1, -0.05) is 30.3 Å². The van der Waals surface area contributed by atoms with Crippen LogP contribution < -0.4 is 15.2 Å². The molecule has 3 N–H and O–H groups in total. The molecule has 0 heterocycles. The molecule has 196 valence electrons. The van der Waals surface area contributed by atoms with Crippen LogP contribution in [0.4, 0.5) is 0 Å². The molecular weight excluding hydrogens is 466 g/mol. The van der Waals surface area contributed by atoms with Crippen LogP contribution in [0.1, 0.15) is 40.2 Å². The number of benzene rings is 2. The van der Waals surface area contributed by atoms with Gasteiger partial charge in [0, 0.05) is 38.5 Å². The van der Waals surface area contributed by atoms with E-state index in [2.05, 4.69) is 0 Å². The van der Waals surface area contributed by atoms with Gasteiger partial charge in [-0.25, -0.2) is 0 Å². The van der Waals surface area contributed by atoms with Gasteiger partial charge in [0.2, 0.25) is 0 Å². The van der Waals surface area contributed by atoms with Gasteiger partial charge in [-0.05, 0) is 29.7 Å². The molecule has 0 aliphatic heterocycles. The first-order valence-corrected chi connectivity index (χ1v) is 11.8. The summed E-state index contributed by atoms with van der Waals surface area (Å²) >= 11 is 0. The fraction of sp³-hybridized carbons (Fsp3) is 0.481. The SMILES string of the molecule is COc1ccc(CCC(=O)c2ccccc2[C@@H]2C(OC)CC(OC)C(OC(=O)CN)[C@@H]2O)cc1OC. The minimum Gasteiger partial charge on any atom is -0.493 e. The van der Waals surface area contributed by atoms with E-state index in [0.717, 1.165) is 5.56 Å². The topological polar surface area (TPSA) is 127 Å². The fourth-order valence-electron chi connectivity index (χ4n) is 4.83. The van der Waals surface area contributed by atoms with E-state index in [9.17, 15) is 14.7 Å². The number of nitrogens with two attached hydrogens (primary N) is 1. The lowest BCUT2D eigenvalue weighted by atomic mass is 9.74. The first-order valence-electron chi connectivity index (χ1n) is 11.8. The molecule has 2 aromatic rings. The summed E-state index contributed by atoms with van der Waals surface area (Å²) in [5, 5.41) is 11.3. The van der Waals surface area contributed by atoms with Crippen molar-refractivity contribution in [3.8, 4) is 11.5 Å². The standard InChI is InChI=1S/C27H35NO8/c1-32-20-12-10-16(13-21(20)33-2)9-11-19(29)17-7-5-6-8-18(17)25-22(34-3)14-23(35-4)27(26(25)31)36-24(30)15-28/h5-8,10,12-13,22-23,25-27,31H,9,11,14-15,28H2,1-4H3/t22?,23?,25-,26-,27?/m1/s1. The molecule has 36 heavy (non-hydrogen) atoms. The maximum Gasteiger partial charge on any atom is 0.320 e. The maximum absolute atomic E-state index is 13.4. The molecule has 1 saturated carbocycles. The number of aliphatic hydroxyl groups is 1. The number of hydrogen-bond acceptors (Lipinski definition) is 9. The third-order valence-electron chi connectivity index (χ3n) is 6.68. The zero-order valence-electron chi connectivity index (χ0n) is 21.1. The van der Waals surface area contributed by atoms with Gasteiger partial charge in [0.15, 0.2) is 23.4 Å². The molecule has 0 aromatic heterocycles. The van der Waals surface area contributed by atoms with Crippen molar-refractivity contribution in [2.45, 2.75) is 49.6 Å². The van der Waals surface area contributed by atoms with Gasteiger partial charge in [-0.15, -0.1) is 0 Å². The number of esters is 1. The van der Waals surface area contributed by atoms with Crippen LogP contribution in [-0.2, 0) is 25.4 Å². The predicted octanol–water partition coefficient (Wildman–Crippen LogP) is 2.27. The zero-order chi connectivity index (χ0) is 26.2. The second-order valence-corrected chi connectivity index (χ2v) is 8.66. The van der Waals surface area contributed by atoms with E-state index in [0.29, 0.717) is 35.5 Å². The monoisotopic (exact) mass is 501 g/mol. The van der Waals surface area contributed by atoms with E-state index in [1.165, 1.54) is 7.11 Å². The summed E-state index contributed by atoms with van der Waals surface area (Å²) < 4.78 is 27.3. The highest BCUT2D eigenvalue weighted by Gasteiger charge is 2.48. The molecule has 1 fully saturated rings. The van der Waals surface area contributed by atoms with Crippen molar-refractivity contribution < 1.29 is 38.4 Å². The lowest BCUT2D eigenvalue weighted by molar-refractivity contribution is -0.184. The van der Waals surface area contributed by atoms with Crippen LogP contribution in [0.25, 0.3) is 0 Å². The van der Waals surface area contributed by atoms with Crippen LogP contribution in [0.2, 0.25) is 0 Å². The number of hydrogen-bond donors (Lipinski definition) is 2. The maximum atomic E-state index is 13.4.